The largest absolute Gasteiger partial charge is 0.478 e. The molecule has 0 fully saturated rings. The Bertz CT molecular complexity index is 573. The molecular formula is C14H16N2O2S. The fraction of sp³-hybridized carbons (Fsp3) is 0.286. The predicted molar refractivity (Wildman–Crippen MR) is 77.2 cm³/mol. The van der Waals surface area contributed by atoms with Gasteiger partial charge in [-0.15, -0.1) is 11.3 Å². The normalized spacial score (nSPS) is 10.4. The minimum Gasteiger partial charge on any atom is -0.478 e. The van der Waals surface area contributed by atoms with Crippen molar-refractivity contribution in [1.29, 1.82) is 0 Å². The molecule has 5 heteroatoms. The number of thiazole rings is 1. The van der Waals surface area contributed by atoms with Crippen LogP contribution in [0.1, 0.15) is 26.5 Å². The maximum absolute atomic E-state index is 11.1. The van der Waals surface area contributed by atoms with Crippen LogP contribution in [-0.4, -0.2) is 22.6 Å². The Morgan fingerprint density at radius 1 is 1.37 bits per heavy atom. The van der Waals surface area contributed by atoms with Crippen LogP contribution in [0.2, 0.25) is 0 Å². The standard InChI is InChI=1S/C14H16N2O2S/c1-9-10(2)19-14(16-9)15-8-7-11-5-3-4-6-12(11)13(17)18/h3-6H,7-8H2,1-2H3,(H,15,16)(H,17,18). The van der Waals surface area contributed by atoms with Gasteiger partial charge in [0.2, 0.25) is 0 Å². The Kier molecular flexibility index (Phi) is 4.16. The van der Waals surface area contributed by atoms with E-state index < -0.39 is 5.97 Å². The molecule has 2 N–H and O–H groups in total. The number of hydrogen-bond acceptors (Lipinski definition) is 4. The van der Waals surface area contributed by atoms with Crippen molar-refractivity contribution in [2.24, 2.45) is 0 Å². The molecule has 1 aromatic carbocycles. The summed E-state index contributed by atoms with van der Waals surface area (Å²) in [5.41, 5.74) is 2.25. The monoisotopic (exact) mass is 276 g/mol. The number of anilines is 1. The van der Waals surface area contributed by atoms with Crippen molar-refractivity contribution in [1.82, 2.24) is 4.98 Å². The van der Waals surface area contributed by atoms with Gasteiger partial charge in [0.1, 0.15) is 0 Å². The molecule has 0 aliphatic heterocycles. The first-order valence-corrected chi connectivity index (χ1v) is 6.88. The van der Waals surface area contributed by atoms with E-state index in [1.165, 1.54) is 4.88 Å². The molecular weight excluding hydrogens is 260 g/mol. The van der Waals surface area contributed by atoms with Crippen LogP contribution in [0, 0.1) is 13.8 Å². The number of carbonyl (C=O) groups is 1. The number of benzene rings is 1. The zero-order valence-corrected chi connectivity index (χ0v) is 11.8. The van der Waals surface area contributed by atoms with Crippen molar-refractivity contribution in [3.8, 4) is 0 Å². The molecule has 2 rings (SSSR count). The van der Waals surface area contributed by atoms with Crippen LogP contribution in [0.4, 0.5) is 5.13 Å². The van der Waals surface area contributed by atoms with Gasteiger partial charge in [-0.2, -0.15) is 0 Å². The molecule has 0 amide bonds. The molecule has 0 atom stereocenters. The molecule has 0 radical (unpaired) electrons. The van der Waals surface area contributed by atoms with Crippen LogP contribution in [0.15, 0.2) is 24.3 Å². The van der Waals surface area contributed by atoms with E-state index in [0.29, 0.717) is 18.5 Å². The quantitative estimate of drug-likeness (QED) is 0.880. The lowest BCUT2D eigenvalue weighted by atomic mass is 10.1. The molecule has 100 valence electrons. The van der Waals surface area contributed by atoms with E-state index in [1.54, 1.807) is 23.5 Å². The number of aryl methyl sites for hydroxylation is 2. The number of nitrogens with zero attached hydrogens (tertiary/aromatic N) is 1. The molecule has 0 saturated heterocycles. The number of aromatic carboxylic acids is 1. The molecule has 0 aliphatic rings. The second-order valence-corrected chi connectivity index (χ2v) is 5.50. The highest BCUT2D eigenvalue weighted by atomic mass is 32.1. The zero-order chi connectivity index (χ0) is 13.8. The summed E-state index contributed by atoms with van der Waals surface area (Å²) < 4.78 is 0. The van der Waals surface area contributed by atoms with Crippen LogP contribution in [0.25, 0.3) is 0 Å². The summed E-state index contributed by atoms with van der Waals surface area (Å²) in [5.74, 6) is -0.878. The predicted octanol–water partition coefficient (Wildman–Crippen LogP) is 3.11. The third kappa shape index (κ3) is 3.32. The van der Waals surface area contributed by atoms with E-state index in [4.69, 9.17) is 5.11 Å². The van der Waals surface area contributed by atoms with Gasteiger partial charge in [0.15, 0.2) is 5.13 Å². The number of hydrogen-bond donors (Lipinski definition) is 2. The second-order valence-electron chi connectivity index (χ2n) is 4.30. The SMILES string of the molecule is Cc1nc(NCCc2ccccc2C(=O)O)sc1C. The first-order valence-electron chi connectivity index (χ1n) is 6.07. The van der Waals surface area contributed by atoms with Gasteiger partial charge < -0.3 is 10.4 Å². The highest BCUT2D eigenvalue weighted by Gasteiger charge is 2.09. The fourth-order valence-corrected chi connectivity index (χ4v) is 2.64. The lowest BCUT2D eigenvalue weighted by molar-refractivity contribution is 0.0695. The molecule has 0 bridgehead atoms. The third-order valence-corrected chi connectivity index (χ3v) is 3.98. The summed E-state index contributed by atoms with van der Waals surface area (Å²) in [5, 5.41) is 13.2. The topological polar surface area (TPSA) is 62.2 Å². The van der Waals surface area contributed by atoms with Crippen molar-refractivity contribution in [3.63, 3.8) is 0 Å². The fourth-order valence-electron chi connectivity index (χ4n) is 1.80. The van der Waals surface area contributed by atoms with Crippen molar-refractivity contribution in [2.75, 3.05) is 11.9 Å². The number of rotatable bonds is 5. The minimum absolute atomic E-state index is 0.371. The van der Waals surface area contributed by atoms with Gasteiger partial charge in [0.25, 0.3) is 0 Å². The van der Waals surface area contributed by atoms with E-state index in [2.05, 4.69) is 10.3 Å². The van der Waals surface area contributed by atoms with Crippen LogP contribution in [0.3, 0.4) is 0 Å². The van der Waals surface area contributed by atoms with Crippen LogP contribution < -0.4 is 5.32 Å². The van der Waals surface area contributed by atoms with Crippen LogP contribution in [0.5, 0.6) is 0 Å². The van der Waals surface area contributed by atoms with E-state index in [-0.39, 0.29) is 0 Å². The summed E-state index contributed by atoms with van der Waals surface area (Å²) >= 11 is 1.62. The highest BCUT2D eigenvalue weighted by Crippen LogP contribution is 2.21. The average molecular weight is 276 g/mol. The molecule has 19 heavy (non-hydrogen) atoms. The highest BCUT2D eigenvalue weighted by molar-refractivity contribution is 7.15. The van der Waals surface area contributed by atoms with Gasteiger partial charge in [-0.05, 0) is 31.9 Å². The van der Waals surface area contributed by atoms with E-state index in [1.807, 2.05) is 26.0 Å². The second kappa shape index (κ2) is 5.84. The van der Waals surface area contributed by atoms with Crippen molar-refractivity contribution in [2.45, 2.75) is 20.3 Å². The number of carboxylic acid groups (broad SMARTS) is 1. The molecule has 4 nitrogen and oxygen atoms in total. The van der Waals surface area contributed by atoms with Crippen LogP contribution in [-0.2, 0) is 6.42 Å². The summed E-state index contributed by atoms with van der Waals surface area (Å²) in [4.78, 5) is 16.7. The lowest BCUT2D eigenvalue weighted by Crippen LogP contribution is -2.09. The number of aromatic nitrogens is 1. The molecule has 1 heterocycles. The Labute approximate surface area is 116 Å². The molecule has 0 spiro atoms. The zero-order valence-electron chi connectivity index (χ0n) is 10.9. The molecule has 2 aromatic rings. The smallest absolute Gasteiger partial charge is 0.335 e. The Hall–Kier alpha value is -1.88. The minimum atomic E-state index is -0.878. The summed E-state index contributed by atoms with van der Waals surface area (Å²) in [6.07, 6.45) is 0.667. The molecule has 1 aromatic heterocycles. The maximum atomic E-state index is 11.1. The van der Waals surface area contributed by atoms with Crippen molar-refractivity contribution in [3.05, 3.63) is 46.0 Å². The van der Waals surface area contributed by atoms with Gasteiger partial charge in [0, 0.05) is 11.4 Å². The van der Waals surface area contributed by atoms with E-state index in [0.717, 1.165) is 16.4 Å². The Morgan fingerprint density at radius 2 is 2.11 bits per heavy atom. The van der Waals surface area contributed by atoms with Gasteiger partial charge in [-0.1, -0.05) is 18.2 Å². The molecule has 0 saturated carbocycles. The lowest BCUT2D eigenvalue weighted by Gasteiger charge is -2.06. The van der Waals surface area contributed by atoms with Gasteiger partial charge in [-0.25, -0.2) is 9.78 Å². The first kappa shape index (κ1) is 13.5. The number of nitrogens with one attached hydrogen (secondary N) is 1. The van der Waals surface area contributed by atoms with E-state index in [9.17, 15) is 4.79 Å². The maximum Gasteiger partial charge on any atom is 0.335 e. The van der Waals surface area contributed by atoms with Gasteiger partial charge in [-0.3, -0.25) is 0 Å². The third-order valence-electron chi connectivity index (χ3n) is 2.95. The van der Waals surface area contributed by atoms with Gasteiger partial charge in [0.05, 0.1) is 11.3 Å². The van der Waals surface area contributed by atoms with E-state index >= 15 is 0 Å². The summed E-state index contributed by atoms with van der Waals surface area (Å²) in [6.45, 7) is 4.70. The average Bonchev–Trinajstić information content (AvgIpc) is 2.69. The summed E-state index contributed by atoms with van der Waals surface area (Å²) in [7, 11) is 0. The summed E-state index contributed by atoms with van der Waals surface area (Å²) in [6, 6.07) is 7.09. The molecule has 0 unspecified atom stereocenters. The Balaban J connectivity index is 1.98. The van der Waals surface area contributed by atoms with Crippen molar-refractivity contribution >= 4 is 22.4 Å². The van der Waals surface area contributed by atoms with Crippen molar-refractivity contribution < 1.29 is 9.90 Å². The molecule has 0 aliphatic carbocycles. The Morgan fingerprint density at radius 3 is 2.74 bits per heavy atom. The van der Waals surface area contributed by atoms with Gasteiger partial charge >= 0.3 is 5.97 Å². The van der Waals surface area contributed by atoms with Crippen LogP contribution >= 0.6 is 11.3 Å². The first-order chi connectivity index (χ1) is 9.08. The number of carboxylic acids is 1.